The minimum atomic E-state index is -4.44. The highest BCUT2D eigenvalue weighted by Crippen LogP contribution is 2.37. The lowest BCUT2D eigenvalue weighted by Gasteiger charge is -2.31. The molecular formula is C23H27F3N2O3. The van der Waals surface area contributed by atoms with Crippen molar-refractivity contribution < 1.29 is 27.4 Å². The number of hydrogen-bond acceptors (Lipinski definition) is 4. The van der Waals surface area contributed by atoms with Crippen LogP contribution in [0.1, 0.15) is 49.4 Å². The van der Waals surface area contributed by atoms with Crippen LogP contribution in [0.3, 0.4) is 0 Å². The Bertz CT molecular complexity index is 887. The summed E-state index contributed by atoms with van der Waals surface area (Å²) in [4.78, 5) is 14.5. The van der Waals surface area contributed by atoms with Crippen molar-refractivity contribution in [2.24, 2.45) is 0 Å². The molecule has 1 N–H and O–H groups in total. The molecule has 1 fully saturated rings. The lowest BCUT2D eigenvalue weighted by molar-refractivity contribution is -0.137. The molecule has 1 aliphatic heterocycles. The van der Waals surface area contributed by atoms with Crippen molar-refractivity contribution in [2.45, 2.75) is 57.7 Å². The van der Waals surface area contributed by atoms with Gasteiger partial charge in [0, 0.05) is 12.1 Å². The second-order valence-corrected chi connectivity index (χ2v) is 7.76. The summed E-state index contributed by atoms with van der Waals surface area (Å²) in [5.74, 6) is 0.356. The summed E-state index contributed by atoms with van der Waals surface area (Å²) < 4.78 is 50.1. The summed E-state index contributed by atoms with van der Waals surface area (Å²) >= 11 is 0. The Hall–Kier alpha value is -2.74. The lowest BCUT2D eigenvalue weighted by Crippen LogP contribution is -2.46. The number of halogens is 3. The smallest absolute Gasteiger partial charge is 0.416 e. The summed E-state index contributed by atoms with van der Waals surface area (Å²) in [6, 6.07) is 12.9. The molecule has 2 aromatic carbocycles. The molecule has 1 amide bonds. The van der Waals surface area contributed by atoms with E-state index in [4.69, 9.17) is 9.47 Å². The fourth-order valence-electron chi connectivity index (χ4n) is 3.85. The average Bonchev–Trinajstić information content (AvgIpc) is 3.15. The molecule has 2 unspecified atom stereocenters. The van der Waals surface area contributed by atoms with E-state index in [1.807, 2.05) is 30.3 Å². The molecule has 5 nitrogen and oxygen atoms in total. The van der Waals surface area contributed by atoms with Crippen LogP contribution in [0.4, 0.5) is 18.0 Å². The highest BCUT2D eigenvalue weighted by Gasteiger charge is 2.39. The highest BCUT2D eigenvalue weighted by atomic mass is 19.4. The van der Waals surface area contributed by atoms with Crippen LogP contribution in [-0.4, -0.2) is 30.4 Å². The maximum Gasteiger partial charge on any atom is 0.416 e. The van der Waals surface area contributed by atoms with Crippen molar-refractivity contribution in [3.63, 3.8) is 0 Å². The summed E-state index contributed by atoms with van der Waals surface area (Å²) in [5, 5.41) is 3.23. The van der Waals surface area contributed by atoms with Crippen LogP contribution in [0.15, 0.2) is 48.5 Å². The average molecular weight is 436 g/mol. The minimum Gasteiger partial charge on any atom is -0.496 e. The topological polar surface area (TPSA) is 50.8 Å². The molecule has 0 aromatic heterocycles. The molecule has 168 valence electrons. The first-order chi connectivity index (χ1) is 14.7. The number of amides is 1. The van der Waals surface area contributed by atoms with Gasteiger partial charge in [0.1, 0.15) is 5.75 Å². The normalized spacial score (nSPS) is 19.0. The zero-order chi connectivity index (χ0) is 22.6. The van der Waals surface area contributed by atoms with Crippen LogP contribution < -0.4 is 10.1 Å². The third-order valence-electron chi connectivity index (χ3n) is 5.25. The zero-order valence-electron chi connectivity index (χ0n) is 17.8. The predicted octanol–water partition coefficient (Wildman–Crippen LogP) is 5.51. The van der Waals surface area contributed by atoms with Crippen LogP contribution in [0.5, 0.6) is 5.75 Å². The number of carbonyl (C=O) groups excluding carboxylic acids is 1. The largest absolute Gasteiger partial charge is 0.496 e. The van der Waals surface area contributed by atoms with Crippen LogP contribution in [0.2, 0.25) is 0 Å². The Morgan fingerprint density at radius 1 is 1.16 bits per heavy atom. The number of nitrogens with one attached hydrogen (secondary N) is 1. The van der Waals surface area contributed by atoms with Gasteiger partial charge in [-0.15, -0.1) is 0 Å². The number of rotatable bonds is 6. The maximum absolute atomic E-state index is 13.1. The molecule has 1 heterocycles. The molecule has 0 saturated carbocycles. The van der Waals surface area contributed by atoms with Gasteiger partial charge < -0.3 is 9.47 Å². The van der Waals surface area contributed by atoms with Gasteiger partial charge in [0.2, 0.25) is 0 Å². The van der Waals surface area contributed by atoms with Crippen molar-refractivity contribution in [1.29, 1.82) is 0 Å². The molecule has 8 heteroatoms. The zero-order valence-corrected chi connectivity index (χ0v) is 17.8. The van der Waals surface area contributed by atoms with Gasteiger partial charge in [-0.2, -0.15) is 13.2 Å². The summed E-state index contributed by atoms with van der Waals surface area (Å²) in [6.07, 6.45) is -4.19. The van der Waals surface area contributed by atoms with Gasteiger partial charge >= 0.3 is 12.3 Å². The lowest BCUT2D eigenvalue weighted by atomic mass is 10.1. The molecule has 0 bridgehead atoms. The van der Waals surface area contributed by atoms with E-state index in [0.717, 1.165) is 17.7 Å². The summed E-state index contributed by atoms with van der Waals surface area (Å²) in [6.45, 7) is 3.67. The number of likely N-dealkylation sites (tertiary alicyclic amines) is 1. The fraction of sp³-hybridized carbons (Fsp3) is 0.435. The number of nitrogens with zero attached hydrogens (tertiary/aromatic N) is 1. The third-order valence-corrected chi connectivity index (χ3v) is 5.25. The fourth-order valence-corrected chi connectivity index (χ4v) is 3.85. The summed E-state index contributed by atoms with van der Waals surface area (Å²) in [7, 11) is 1.42. The molecule has 31 heavy (non-hydrogen) atoms. The van der Waals surface area contributed by atoms with Gasteiger partial charge in [-0.3, -0.25) is 10.2 Å². The third kappa shape index (κ3) is 5.50. The molecule has 0 spiro atoms. The molecule has 2 aromatic rings. The Balaban J connectivity index is 1.82. The second kappa shape index (κ2) is 9.60. The van der Waals surface area contributed by atoms with Gasteiger partial charge in [0.05, 0.1) is 31.0 Å². The molecule has 3 rings (SSSR count). The van der Waals surface area contributed by atoms with E-state index >= 15 is 0 Å². The molecule has 0 aliphatic carbocycles. The SMILES string of the molecule is COc1ccc(C(F)(F)F)cc1CNC1CCC(c2ccccc2)N1C(=O)OC(C)C. The minimum absolute atomic E-state index is 0.116. The van der Waals surface area contributed by atoms with Crippen LogP contribution >= 0.6 is 0 Å². The van der Waals surface area contributed by atoms with Gasteiger partial charge in [0.15, 0.2) is 0 Å². The van der Waals surface area contributed by atoms with E-state index in [2.05, 4.69) is 5.32 Å². The van der Waals surface area contributed by atoms with Gasteiger partial charge in [0.25, 0.3) is 0 Å². The van der Waals surface area contributed by atoms with Crippen molar-refractivity contribution in [3.05, 3.63) is 65.2 Å². The van der Waals surface area contributed by atoms with Crippen LogP contribution in [0.25, 0.3) is 0 Å². The molecule has 1 aliphatic rings. The van der Waals surface area contributed by atoms with E-state index in [1.165, 1.54) is 13.2 Å². The van der Waals surface area contributed by atoms with Gasteiger partial charge in [-0.05, 0) is 50.5 Å². The quantitative estimate of drug-likeness (QED) is 0.649. The van der Waals surface area contributed by atoms with E-state index < -0.39 is 17.8 Å². The highest BCUT2D eigenvalue weighted by molar-refractivity contribution is 5.69. The molecule has 1 saturated heterocycles. The van der Waals surface area contributed by atoms with Gasteiger partial charge in [-0.25, -0.2) is 4.79 Å². The maximum atomic E-state index is 13.1. The molecule has 2 atom stereocenters. The van der Waals surface area contributed by atoms with Crippen LogP contribution in [0, 0.1) is 0 Å². The monoisotopic (exact) mass is 436 g/mol. The Labute approximate surface area is 180 Å². The van der Waals surface area contributed by atoms with Crippen molar-refractivity contribution in [3.8, 4) is 5.75 Å². The number of methoxy groups -OCH3 is 1. The number of carbonyl (C=O) groups is 1. The first-order valence-electron chi connectivity index (χ1n) is 10.2. The first kappa shape index (κ1) is 22.9. The molecule has 0 radical (unpaired) electrons. The number of hydrogen-bond donors (Lipinski definition) is 1. The van der Waals surface area contributed by atoms with Crippen molar-refractivity contribution in [2.75, 3.05) is 7.11 Å². The summed E-state index contributed by atoms with van der Waals surface area (Å²) in [5.41, 5.74) is 0.622. The molecular weight excluding hydrogens is 409 g/mol. The Kier molecular flexibility index (Phi) is 7.10. The van der Waals surface area contributed by atoms with E-state index in [0.29, 0.717) is 24.2 Å². The predicted molar refractivity (Wildman–Crippen MR) is 110 cm³/mol. The van der Waals surface area contributed by atoms with Crippen molar-refractivity contribution >= 4 is 6.09 Å². The Morgan fingerprint density at radius 2 is 1.87 bits per heavy atom. The van der Waals surface area contributed by atoms with E-state index in [-0.39, 0.29) is 24.9 Å². The number of ether oxygens (including phenoxy) is 2. The van der Waals surface area contributed by atoms with Crippen molar-refractivity contribution in [1.82, 2.24) is 10.2 Å². The van der Waals surface area contributed by atoms with Crippen LogP contribution in [-0.2, 0) is 17.5 Å². The number of benzene rings is 2. The standard InChI is InChI=1S/C23H27F3N2O3/c1-15(2)31-22(29)28-19(16-7-5-4-6-8-16)10-12-21(28)27-14-17-13-18(23(24,25)26)9-11-20(17)30-3/h4-9,11,13,15,19,21,27H,10,12,14H2,1-3H3. The Morgan fingerprint density at radius 3 is 2.48 bits per heavy atom. The van der Waals surface area contributed by atoms with E-state index in [9.17, 15) is 18.0 Å². The van der Waals surface area contributed by atoms with E-state index in [1.54, 1.807) is 18.7 Å². The first-order valence-corrected chi connectivity index (χ1v) is 10.2. The number of alkyl halides is 3. The van der Waals surface area contributed by atoms with Gasteiger partial charge in [-0.1, -0.05) is 30.3 Å². The second-order valence-electron chi connectivity index (χ2n) is 7.76.